The van der Waals surface area contributed by atoms with Gasteiger partial charge < -0.3 is 5.32 Å². The van der Waals surface area contributed by atoms with Gasteiger partial charge in [0.15, 0.2) is 0 Å². The average molecular weight is 476 g/mol. The fourth-order valence-corrected chi connectivity index (χ4v) is 6.17. The first kappa shape index (κ1) is 24.1. The Morgan fingerprint density at radius 3 is 2.46 bits per heavy atom. The van der Waals surface area contributed by atoms with Crippen LogP contribution in [0.2, 0.25) is 0 Å². The molecule has 3 aliphatic rings. The number of Topliss-reactive ketones (excluding diaryl/α,β-unsaturated/α-hetero) is 1. The van der Waals surface area contributed by atoms with Gasteiger partial charge in [0.1, 0.15) is 5.82 Å². The van der Waals surface area contributed by atoms with E-state index in [-0.39, 0.29) is 22.9 Å². The Morgan fingerprint density at radius 2 is 1.80 bits per heavy atom. The Morgan fingerprint density at radius 1 is 1.06 bits per heavy atom. The number of carbonyl (C=O) groups excluding carboxylic acids is 2. The zero-order chi connectivity index (χ0) is 24.5. The largest absolute Gasteiger partial charge is 0.304 e. The highest BCUT2D eigenvalue weighted by Crippen LogP contribution is 2.48. The highest BCUT2D eigenvalue weighted by molar-refractivity contribution is 6.40. The van der Waals surface area contributed by atoms with Crippen molar-refractivity contribution in [2.75, 3.05) is 19.4 Å². The van der Waals surface area contributed by atoms with E-state index in [1.807, 2.05) is 12.1 Å². The number of aromatic nitrogens is 1. The first-order valence-corrected chi connectivity index (χ1v) is 13.0. The Hall–Kier alpha value is -2.61. The molecule has 3 fully saturated rings. The molecule has 0 bridgehead atoms. The highest BCUT2D eigenvalue weighted by atomic mass is 16.2. The lowest BCUT2D eigenvalue weighted by Gasteiger charge is -2.49. The lowest BCUT2D eigenvalue weighted by molar-refractivity contribution is -0.135. The summed E-state index contributed by atoms with van der Waals surface area (Å²) < 4.78 is 0. The molecular formula is C28H37N5O2. The van der Waals surface area contributed by atoms with Crippen LogP contribution in [0.4, 0.5) is 5.82 Å². The standard InChI is InChI=1S/C28H37N5O2/c1-33(2)28(21-10-4-3-5-11-21)15-13-27(14-16-28)19-23(31-32-27)22-12-7-17-29-25(22)30-26(35)24(34)18-20-8-6-9-20/h3-5,7,10-12,17,20,23,31-32H,6,8-9,13-16,18-19H2,1-2H3,(H,29,30,35)/t23-,27?,28?/m0/s1. The molecule has 2 heterocycles. The van der Waals surface area contributed by atoms with Crippen LogP contribution in [0.25, 0.3) is 0 Å². The third kappa shape index (κ3) is 4.77. The fraction of sp³-hybridized carbons (Fsp3) is 0.536. The fourth-order valence-electron chi connectivity index (χ4n) is 6.17. The van der Waals surface area contributed by atoms with Crippen LogP contribution < -0.4 is 16.2 Å². The maximum absolute atomic E-state index is 12.6. The van der Waals surface area contributed by atoms with Crippen LogP contribution in [0.15, 0.2) is 48.7 Å². The van der Waals surface area contributed by atoms with Gasteiger partial charge in [-0.1, -0.05) is 42.8 Å². The molecule has 35 heavy (non-hydrogen) atoms. The van der Waals surface area contributed by atoms with Gasteiger partial charge in [-0.05, 0) is 76.6 Å². The third-order valence-electron chi connectivity index (χ3n) is 8.71. The van der Waals surface area contributed by atoms with Crippen molar-refractivity contribution < 1.29 is 9.59 Å². The number of benzene rings is 1. The topological polar surface area (TPSA) is 86.4 Å². The van der Waals surface area contributed by atoms with Crippen LogP contribution in [0, 0.1) is 5.92 Å². The maximum Gasteiger partial charge on any atom is 0.292 e. The van der Waals surface area contributed by atoms with Crippen molar-refractivity contribution >= 4 is 17.5 Å². The van der Waals surface area contributed by atoms with E-state index in [2.05, 4.69) is 70.5 Å². The highest BCUT2D eigenvalue weighted by Gasteiger charge is 2.48. The first-order chi connectivity index (χ1) is 16.9. The number of amides is 1. The van der Waals surface area contributed by atoms with E-state index in [4.69, 9.17) is 0 Å². The summed E-state index contributed by atoms with van der Waals surface area (Å²) in [6.45, 7) is 0. The average Bonchev–Trinajstić information content (AvgIpc) is 3.26. The van der Waals surface area contributed by atoms with Crippen molar-refractivity contribution in [2.24, 2.45) is 5.92 Å². The molecule has 1 atom stereocenters. The zero-order valence-electron chi connectivity index (χ0n) is 20.8. The summed E-state index contributed by atoms with van der Waals surface area (Å²) in [6, 6.07) is 14.7. The Bertz CT molecular complexity index is 1060. The molecule has 7 heteroatoms. The van der Waals surface area contributed by atoms with Crippen molar-refractivity contribution in [3.05, 3.63) is 59.8 Å². The third-order valence-corrected chi connectivity index (χ3v) is 8.71. The maximum atomic E-state index is 12.6. The van der Waals surface area contributed by atoms with E-state index in [9.17, 15) is 9.59 Å². The molecule has 1 amide bonds. The molecule has 7 nitrogen and oxygen atoms in total. The minimum absolute atomic E-state index is 0.00385. The molecule has 0 unspecified atom stereocenters. The van der Waals surface area contributed by atoms with Gasteiger partial charge in [-0.25, -0.2) is 10.4 Å². The summed E-state index contributed by atoms with van der Waals surface area (Å²) >= 11 is 0. The second-order valence-corrected chi connectivity index (χ2v) is 10.9. The summed E-state index contributed by atoms with van der Waals surface area (Å²) in [5.41, 5.74) is 9.44. The number of anilines is 1. The van der Waals surface area contributed by atoms with Crippen molar-refractivity contribution in [2.45, 2.75) is 74.9 Å². The molecule has 0 radical (unpaired) electrons. The van der Waals surface area contributed by atoms with Crippen molar-refractivity contribution in [1.82, 2.24) is 20.7 Å². The smallest absolute Gasteiger partial charge is 0.292 e. The minimum atomic E-state index is -0.547. The van der Waals surface area contributed by atoms with E-state index < -0.39 is 5.91 Å². The summed E-state index contributed by atoms with van der Waals surface area (Å²) in [5, 5.41) is 2.81. The molecule has 2 aliphatic carbocycles. The number of hydrazine groups is 1. The summed E-state index contributed by atoms with van der Waals surface area (Å²) in [7, 11) is 4.37. The van der Waals surface area contributed by atoms with Gasteiger partial charge in [-0.3, -0.25) is 19.9 Å². The van der Waals surface area contributed by atoms with Crippen molar-refractivity contribution in [3.8, 4) is 0 Å². The molecule has 2 aromatic rings. The van der Waals surface area contributed by atoms with Gasteiger partial charge in [0.25, 0.3) is 5.91 Å². The van der Waals surface area contributed by atoms with E-state index in [1.165, 1.54) is 5.56 Å². The van der Waals surface area contributed by atoms with Crippen molar-refractivity contribution in [3.63, 3.8) is 0 Å². The van der Waals surface area contributed by atoms with Gasteiger partial charge >= 0.3 is 0 Å². The zero-order valence-corrected chi connectivity index (χ0v) is 20.8. The van der Waals surface area contributed by atoms with Gasteiger partial charge in [-0.15, -0.1) is 0 Å². The molecule has 186 valence electrons. The van der Waals surface area contributed by atoms with Crippen LogP contribution in [0.3, 0.4) is 0 Å². The van der Waals surface area contributed by atoms with E-state index in [0.29, 0.717) is 18.2 Å². The monoisotopic (exact) mass is 475 g/mol. The lowest BCUT2D eigenvalue weighted by Crippen LogP contribution is -2.53. The second-order valence-electron chi connectivity index (χ2n) is 10.9. The number of carbonyl (C=O) groups is 2. The van der Waals surface area contributed by atoms with Gasteiger partial charge in [0, 0.05) is 29.3 Å². The first-order valence-electron chi connectivity index (χ1n) is 13.0. The van der Waals surface area contributed by atoms with E-state index in [0.717, 1.165) is 56.9 Å². The molecule has 5 rings (SSSR count). The second kappa shape index (κ2) is 9.80. The summed E-state index contributed by atoms with van der Waals surface area (Å²) in [5.74, 6) is -0.0330. The quantitative estimate of drug-likeness (QED) is 0.523. The molecular weight excluding hydrogens is 438 g/mol. The van der Waals surface area contributed by atoms with E-state index >= 15 is 0 Å². The number of hydrogen-bond donors (Lipinski definition) is 3. The van der Waals surface area contributed by atoms with Crippen molar-refractivity contribution in [1.29, 1.82) is 0 Å². The predicted molar refractivity (Wildman–Crippen MR) is 136 cm³/mol. The number of ketones is 1. The number of nitrogens with zero attached hydrogens (tertiary/aromatic N) is 2. The molecule has 1 saturated heterocycles. The normalized spacial score (nSPS) is 28.7. The molecule has 1 aliphatic heterocycles. The Balaban J connectivity index is 1.26. The Kier molecular flexibility index (Phi) is 6.75. The minimum Gasteiger partial charge on any atom is -0.304 e. The number of rotatable bonds is 7. The molecule has 1 aromatic heterocycles. The van der Waals surface area contributed by atoms with Gasteiger partial charge in [0.2, 0.25) is 5.78 Å². The lowest BCUT2D eigenvalue weighted by atomic mass is 9.67. The Labute approximate surface area is 208 Å². The molecule has 1 aromatic carbocycles. The van der Waals surface area contributed by atoms with Crippen LogP contribution in [0.5, 0.6) is 0 Å². The number of hydrogen-bond acceptors (Lipinski definition) is 6. The van der Waals surface area contributed by atoms with Gasteiger partial charge in [0.05, 0.1) is 6.04 Å². The SMILES string of the molecule is CN(C)C1(c2ccccc2)CCC2(CC1)C[C@@H](c1cccnc1NC(=O)C(=O)CC1CCC1)NN2. The number of nitrogens with one attached hydrogen (secondary N) is 3. The van der Waals surface area contributed by atoms with E-state index in [1.54, 1.807) is 6.20 Å². The van der Waals surface area contributed by atoms with Crippen LogP contribution >= 0.6 is 0 Å². The van der Waals surface area contributed by atoms with Gasteiger partial charge in [-0.2, -0.15) is 0 Å². The molecule has 2 saturated carbocycles. The van der Waals surface area contributed by atoms with Crippen LogP contribution in [0.1, 0.15) is 75.0 Å². The predicted octanol–water partition coefficient (Wildman–Crippen LogP) is 4.09. The summed E-state index contributed by atoms with van der Waals surface area (Å²) in [6.07, 6.45) is 10.4. The summed E-state index contributed by atoms with van der Waals surface area (Å²) in [4.78, 5) is 31.8. The molecule has 3 N–H and O–H groups in total. The number of pyridine rings is 1. The molecule has 1 spiro atoms. The van der Waals surface area contributed by atoms with Crippen LogP contribution in [-0.2, 0) is 15.1 Å². The van der Waals surface area contributed by atoms with Crippen LogP contribution in [-0.4, -0.2) is 41.2 Å².